The number of halogens is 1. The fourth-order valence-electron chi connectivity index (χ4n) is 4.20. The summed E-state index contributed by atoms with van der Waals surface area (Å²) < 4.78 is 20.5. The molecule has 9 nitrogen and oxygen atoms in total. The lowest BCUT2D eigenvalue weighted by Gasteiger charge is -2.21. The Morgan fingerprint density at radius 3 is 2.46 bits per heavy atom. The lowest BCUT2D eigenvalue weighted by molar-refractivity contribution is -0.124. The van der Waals surface area contributed by atoms with Crippen molar-refractivity contribution in [3.63, 3.8) is 0 Å². The Hall–Kier alpha value is -4.47. The lowest BCUT2D eigenvalue weighted by atomic mass is 9.95. The Morgan fingerprint density at radius 1 is 1.05 bits per heavy atom. The summed E-state index contributed by atoms with van der Waals surface area (Å²) in [6.45, 7) is 5.37. The predicted octanol–water partition coefficient (Wildman–Crippen LogP) is 4.09. The Bertz CT molecular complexity index is 1480. The van der Waals surface area contributed by atoms with E-state index in [0.29, 0.717) is 35.7 Å². The van der Waals surface area contributed by atoms with Crippen molar-refractivity contribution in [2.45, 2.75) is 45.2 Å². The zero-order chi connectivity index (χ0) is 26.2. The van der Waals surface area contributed by atoms with E-state index in [9.17, 15) is 9.59 Å². The van der Waals surface area contributed by atoms with Gasteiger partial charge in [0.05, 0.1) is 11.6 Å². The van der Waals surface area contributed by atoms with Crippen LogP contribution in [0, 0.1) is 19.7 Å². The maximum absolute atomic E-state index is 15.3. The van der Waals surface area contributed by atoms with Gasteiger partial charge >= 0.3 is 0 Å². The molecule has 1 aliphatic carbocycles. The van der Waals surface area contributed by atoms with E-state index in [-0.39, 0.29) is 11.5 Å². The first-order valence-corrected chi connectivity index (χ1v) is 11.9. The highest BCUT2D eigenvalue weighted by Gasteiger charge is 2.51. The average Bonchev–Trinajstić information content (AvgIpc) is 3.55. The number of nitrogens with one attached hydrogen (secondary N) is 2. The van der Waals surface area contributed by atoms with Gasteiger partial charge in [0, 0.05) is 30.4 Å². The zero-order valence-electron chi connectivity index (χ0n) is 20.6. The van der Waals surface area contributed by atoms with E-state index < -0.39 is 23.3 Å². The normalized spacial score (nSPS) is 14.6. The third-order valence-electron chi connectivity index (χ3n) is 6.43. The molecule has 10 heteroatoms. The number of aryl methyl sites for hydroxylation is 2. The molecule has 2 aromatic heterocycles. The molecular formula is C27H25FN6O3. The minimum atomic E-state index is -1.02. The second-order valence-electron chi connectivity index (χ2n) is 9.28. The topological polar surface area (TPSA) is 123 Å². The van der Waals surface area contributed by atoms with E-state index in [1.54, 1.807) is 26.0 Å². The van der Waals surface area contributed by atoms with Crippen molar-refractivity contribution in [3.05, 3.63) is 83.5 Å². The van der Waals surface area contributed by atoms with Gasteiger partial charge in [-0.25, -0.2) is 14.4 Å². The van der Waals surface area contributed by atoms with Crippen molar-refractivity contribution in [1.82, 2.24) is 30.7 Å². The van der Waals surface area contributed by atoms with Gasteiger partial charge in [0.1, 0.15) is 17.7 Å². The highest BCUT2D eigenvalue weighted by molar-refractivity contribution is 6.00. The summed E-state index contributed by atoms with van der Waals surface area (Å²) in [6.07, 6.45) is 5.09. The quantitative estimate of drug-likeness (QED) is 0.392. The van der Waals surface area contributed by atoms with Gasteiger partial charge in [-0.2, -0.15) is 4.98 Å². The first-order valence-electron chi connectivity index (χ1n) is 11.9. The summed E-state index contributed by atoms with van der Waals surface area (Å²) in [5, 5.41) is 9.62. The number of nitrogens with zero attached hydrogens (tertiary/aromatic N) is 4. The number of hydrogen-bond donors (Lipinski definition) is 2. The highest BCUT2D eigenvalue weighted by Crippen LogP contribution is 2.37. The second kappa shape index (κ2) is 9.53. The van der Waals surface area contributed by atoms with Crippen LogP contribution in [-0.4, -0.2) is 37.5 Å². The largest absolute Gasteiger partial charge is 0.347 e. The molecule has 1 atom stereocenters. The first kappa shape index (κ1) is 24.2. The van der Waals surface area contributed by atoms with E-state index in [1.165, 1.54) is 24.8 Å². The number of rotatable bonds is 7. The van der Waals surface area contributed by atoms with Crippen LogP contribution in [0.2, 0.25) is 0 Å². The molecule has 0 unspecified atom stereocenters. The van der Waals surface area contributed by atoms with Gasteiger partial charge in [0.15, 0.2) is 0 Å². The van der Waals surface area contributed by atoms with Gasteiger partial charge in [-0.05, 0) is 43.9 Å². The highest BCUT2D eigenvalue weighted by atomic mass is 19.1. The average molecular weight is 501 g/mol. The van der Waals surface area contributed by atoms with Crippen molar-refractivity contribution in [2.75, 3.05) is 0 Å². The minimum Gasteiger partial charge on any atom is -0.347 e. The van der Waals surface area contributed by atoms with Gasteiger partial charge in [0.25, 0.3) is 5.91 Å². The Kier molecular flexibility index (Phi) is 6.24. The third kappa shape index (κ3) is 4.95. The molecular weight excluding hydrogens is 475 g/mol. The van der Waals surface area contributed by atoms with Crippen molar-refractivity contribution in [1.29, 1.82) is 0 Å². The number of hydrogen-bond acceptors (Lipinski definition) is 7. The van der Waals surface area contributed by atoms with Crippen molar-refractivity contribution in [2.24, 2.45) is 0 Å². The fraction of sp³-hybridized carbons (Fsp3) is 0.259. The van der Waals surface area contributed by atoms with Gasteiger partial charge in [0.2, 0.25) is 17.6 Å². The summed E-state index contributed by atoms with van der Waals surface area (Å²) in [6, 6.07) is 10.0. The predicted molar refractivity (Wildman–Crippen MR) is 133 cm³/mol. The summed E-state index contributed by atoms with van der Waals surface area (Å²) in [4.78, 5) is 37.5. The molecule has 2 aromatic carbocycles. The van der Waals surface area contributed by atoms with Crippen LogP contribution >= 0.6 is 0 Å². The van der Waals surface area contributed by atoms with E-state index in [1.807, 2.05) is 25.1 Å². The van der Waals surface area contributed by atoms with Crippen molar-refractivity contribution >= 4 is 11.8 Å². The molecule has 5 rings (SSSR count). The molecule has 0 bridgehead atoms. The van der Waals surface area contributed by atoms with E-state index in [0.717, 1.165) is 16.7 Å². The van der Waals surface area contributed by atoms with Crippen molar-refractivity contribution < 1.29 is 18.5 Å². The Morgan fingerprint density at radius 2 is 1.81 bits per heavy atom. The third-order valence-corrected chi connectivity index (χ3v) is 6.43. The molecule has 2 heterocycles. The van der Waals surface area contributed by atoms with Crippen LogP contribution in [-0.2, 0) is 4.79 Å². The molecule has 4 aromatic rings. The zero-order valence-corrected chi connectivity index (χ0v) is 20.6. The number of benzene rings is 2. The second-order valence-corrected chi connectivity index (χ2v) is 9.28. The maximum atomic E-state index is 15.3. The standard InChI is InChI=1S/C27H25FN6O3/c1-15-4-6-21(24-32-17(3)37-34-24)22(10-15)18-5-7-20(23(28)11-18)16(2)31-26(36)27(8-9-27)33-25(35)19-12-29-14-30-13-19/h4-7,10-14,16H,8-9H2,1-3H3,(H,31,36)(H,33,35)/t16-/m1/s1. The lowest BCUT2D eigenvalue weighted by Crippen LogP contribution is -2.49. The first-order chi connectivity index (χ1) is 17.8. The molecule has 2 amide bonds. The molecule has 188 valence electrons. The van der Waals surface area contributed by atoms with Crippen molar-refractivity contribution in [3.8, 4) is 22.5 Å². The smallest absolute Gasteiger partial charge is 0.255 e. The van der Waals surface area contributed by atoms with Crippen LogP contribution in [0.1, 0.15) is 53.2 Å². The van der Waals surface area contributed by atoms with E-state index >= 15 is 4.39 Å². The summed E-state index contributed by atoms with van der Waals surface area (Å²) >= 11 is 0. The summed E-state index contributed by atoms with van der Waals surface area (Å²) in [5.41, 5.74) is 2.73. The molecule has 37 heavy (non-hydrogen) atoms. The molecule has 0 saturated heterocycles. The van der Waals surface area contributed by atoms with E-state index in [2.05, 4.69) is 30.7 Å². The number of carbonyl (C=O) groups is 2. The Labute approximate surface area is 212 Å². The van der Waals surface area contributed by atoms with Gasteiger partial charge in [-0.15, -0.1) is 0 Å². The van der Waals surface area contributed by atoms with Gasteiger partial charge in [-0.1, -0.05) is 41.1 Å². The molecule has 0 aliphatic heterocycles. The minimum absolute atomic E-state index is 0.266. The van der Waals surface area contributed by atoms with Crippen LogP contribution in [0.5, 0.6) is 0 Å². The molecule has 0 spiro atoms. The number of carbonyl (C=O) groups excluding carboxylic acids is 2. The molecule has 1 fully saturated rings. The molecule has 2 N–H and O–H groups in total. The fourth-order valence-corrected chi connectivity index (χ4v) is 4.20. The van der Waals surface area contributed by atoms with Crippen LogP contribution < -0.4 is 10.6 Å². The number of aromatic nitrogens is 4. The SMILES string of the molecule is Cc1ccc(-c2noc(C)n2)c(-c2ccc([C@@H](C)NC(=O)C3(NC(=O)c4cncnc4)CC3)c(F)c2)c1. The monoisotopic (exact) mass is 500 g/mol. The molecule has 1 saturated carbocycles. The van der Waals surface area contributed by atoms with Gasteiger partial charge in [-0.3, -0.25) is 9.59 Å². The summed E-state index contributed by atoms with van der Waals surface area (Å²) in [5.74, 6) is -0.382. The van der Waals surface area contributed by atoms with Crippen LogP contribution in [0.3, 0.4) is 0 Å². The van der Waals surface area contributed by atoms with Gasteiger partial charge < -0.3 is 15.2 Å². The number of amides is 2. The maximum Gasteiger partial charge on any atom is 0.255 e. The van der Waals surface area contributed by atoms with Crippen LogP contribution in [0.4, 0.5) is 4.39 Å². The Balaban J connectivity index is 1.34. The molecule has 0 radical (unpaired) electrons. The van der Waals surface area contributed by atoms with E-state index in [4.69, 9.17) is 4.52 Å². The van der Waals surface area contributed by atoms with Crippen LogP contribution in [0.15, 0.2) is 59.6 Å². The summed E-state index contributed by atoms with van der Waals surface area (Å²) in [7, 11) is 0. The van der Waals surface area contributed by atoms with Crippen LogP contribution in [0.25, 0.3) is 22.5 Å². The molecule has 1 aliphatic rings.